The van der Waals surface area contributed by atoms with Gasteiger partial charge < -0.3 is 14.2 Å². The Morgan fingerprint density at radius 1 is 1.27 bits per heavy atom. The predicted molar refractivity (Wildman–Crippen MR) is 79.5 cm³/mol. The molecule has 9 heteroatoms. The molecule has 0 aromatic rings. The smallest absolute Gasteiger partial charge is 0.408 e. The van der Waals surface area contributed by atoms with Crippen molar-refractivity contribution in [2.45, 2.75) is 65.0 Å². The van der Waals surface area contributed by atoms with Crippen molar-refractivity contribution in [2.24, 2.45) is 22.7 Å². The Morgan fingerprint density at radius 2 is 1.88 bits per heavy atom. The molecule has 4 fully saturated rings. The molecular weight excluding hydrogens is 357 g/mol. The summed E-state index contributed by atoms with van der Waals surface area (Å²) in [6.07, 6.45) is -9.74. The van der Waals surface area contributed by atoms with Crippen molar-refractivity contribution in [1.29, 1.82) is 0 Å². The maximum absolute atomic E-state index is 13.6. The normalized spacial score (nSPS) is 37.2. The van der Waals surface area contributed by atoms with Gasteiger partial charge in [-0.05, 0) is 18.3 Å². The Labute approximate surface area is 148 Å². The van der Waals surface area contributed by atoms with Gasteiger partial charge in [-0.25, -0.2) is 0 Å². The highest BCUT2D eigenvalue weighted by Gasteiger charge is 2.81. The van der Waals surface area contributed by atoms with E-state index >= 15 is 0 Å². The second-order valence-corrected chi connectivity index (χ2v) is 8.57. The summed E-state index contributed by atoms with van der Waals surface area (Å²) >= 11 is 0. The van der Waals surface area contributed by atoms with Crippen LogP contribution in [0.3, 0.4) is 0 Å². The van der Waals surface area contributed by atoms with E-state index in [1.165, 1.54) is 0 Å². The van der Waals surface area contributed by atoms with Gasteiger partial charge in [0, 0.05) is 0 Å². The lowest BCUT2D eigenvalue weighted by molar-refractivity contribution is -0.281. The monoisotopic (exact) mass is 378 g/mol. The van der Waals surface area contributed by atoms with Crippen molar-refractivity contribution in [3.63, 3.8) is 0 Å². The van der Waals surface area contributed by atoms with E-state index in [0.717, 1.165) is 0 Å². The molecule has 0 aromatic heterocycles. The Bertz CT molecular complexity index is 652. The minimum Gasteiger partial charge on any atom is -0.457 e. The van der Waals surface area contributed by atoms with E-state index in [-0.39, 0.29) is 5.41 Å². The molecule has 3 aliphatic heterocycles. The molecule has 3 heterocycles. The van der Waals surface area contributed by atoms with Gasteiger partial charge in [-0.15, -0.1) is 0 Å². The standard InChI is InChI=1S/C17H21F3O6/c1-7(5-15(2,3)4)12(21)24-9-8-6-16(17(18,19)20)11(26-13(8)22)10(9)25-14(16)23/h7-11H,5-6H2,1-4H3. The van der Waals surface area contributed by atoms with Crippen LogP contribution < -0.4 is 0 Å². The topological polar surface area (TPSA) is 78.9 Å². The molecule has 4 rings (SSSR count). The number of fused-ring (bicyclic) bond motifs is 1. The highest BCUT2D eigenvalue weighted by atomic mass is 19.4. The van der Waals surface area contributed by atoms with Crippen LogP contribution in [0.5, 0.6) is 0 Å². The second-order valence-electron chi connectivity index (χ2n) is 8.57. The Balaban J connectivity index is 1.83. The van der Waals surface area contributed by atoms with E-state index in [4.69, 9.17) is 14.2 Å². The van der Waals surface area contributed by atoms with Crippen LogP contribution in [0.4, 0.5) is 13.2 Å². The molecule has 0 aromatic carbocycles. The van der Waals surface area contributed by atoms with Gasteiger partial charge >= 0.3 is 24.1 Å². The Kier molecular flexibility index (Phi) is 4.08. The first kappa shape index (κ1) is 19.0. The first-order valence-corrected chi connectivity index (χ1v) is 8.47. The number of rotatable bonds is 3. The molecule has 26 heavy (non-hydrogen) atoms. The lowest BCUT2D eigenvalue weighted by Crippen LogP contribution is -2.66. The number of ether oxygens (including phenoxy) is 3. The zero-order valence-electron chi connectivity index (χ0n) is 14.9. The number of alkyl halides is 3. The summed E-state index contributed by atoms with van der Waals surface area (Å²) in [5.74, 6) is -4.89. The SMILES string of the molecule is CC(CC(C)(C)C)C(=O)OC1C2CC3(C(F)(F)F)C(=O)OC1C3OC2=O. The molecule has 6 atom stereocenters. The van der Waals surface area contributed by atoms with E-state index < -0.39 is 66.1 Å². The van der Waals surface area contributed by atoms with Gasteiger partial charge in [0.2, 0.25) is 5.41 Å². The number of hydrogen-bond donors (Lipinski definition) is 0. The van der Waals surface area contributed by atoms with Crippen molar-refractivity contribution < 1.29 is 41.8 Å². The molecule has 6 nitrogen and oxygen atoms in total. The van der Waals surface area contributed by atoms with Crippen LogP contribution in [0.1, 0.15) is 40.5 Å². The highest BCUT2D eigenvalue weighted by Crippen LogP contribution is 2.60. The van der Waals surface area contributed by atoms with Gasteiger partial charge in [0.05, 0.1) is 11.8 Å². The van der Waals surface area contributed by atoms with E-state index in [2.05, 4.69) is 0 Å². The van der Waals surface area contributed by atoms with E-state index in [0.29, 0.717) is 6.42 Å². The van der Waals surface area contributed by atoms with Gasteiger partial charge in [0.15, 0.2) is 18.3 Å². The third-order valence-corrected chi connectivity index (χ3v) is 5.28. The number of carbonyl (C=O) groups excluding carboxylic acids is 3. The molecule has 0 N–H and O–H groups in total. The fourth-order valence-corrected chi connectivity index (χ4v) is 4.21. The summed E-state index contributed by atoms with van der Waals surface area (Å²) in [6.45, 7) is 7.46. The van der Waals surface area contributed by atoms with E-state index in [1.807, 2.05) is 20.8 Å². The van der Waals surface area contributed by atoms with Crippen molar-refractivity contribution in [3.8, 4) is 0 Å². The summed E-state index contributed by atoms with van der Waals surface area (Å²) in [5.41, 5.74) is -3.02. The molecule has 0 amide bonds. The third kappa shape index (κ3) is 2.66. The first-order valence-electron chi connectivity index (χ1n) is 8.47. The van der Waals surface area contributed by atoms with Crippen molar-refractivity contribution in [2.75, 3.05) is 0 Å². The maximum atomic E-state index is 13.6. The van der Waals surface area contributed by atoms with Crippen LogP contribution in [0.15, 0.2) is 0 Å². The third-order valence-electron chi connectivity index (χ3n) is 5.28. The second kappa shape index (κ2) is 5.60. The lowest BCUT2D eigenvalue weighted by atomic mass is 9.64. The van der Waals surface area contributed by atoms with Crippen molar-refractivity contribution in [3.05, 3.63) is 0 Å². The zero-order chi connectivity index (χ0) is 19.7. The fourth-order valence-electron chi connectivity index (χ4n) is 4.21. The van der Waals surface area contributed by atoms with Crippen molar-refractivity contribution in [1.82, 2.24) is 0 Å². The number of halogens is 3. The molecule has 0 spiro atoms. The molecule has 1 saturated carbocycles. The summed E-state index contributed by atoms with van der Waals surface area (Å²) < 4.78 is 55.7. The summed E-state index contributed by atoms with van der Waals surface area (Å²) in [4.78, 5) is 36.4. The van der Waals surface area contributed by atoms with Gasteiger partial charge in [-0.1, -0.05) is 27.7 Å². The molecule has 146 valence electrons. The number of esters is 3. The van der Waals surface area contributed by atoms with E-state index in [1.54, 1.807) is 6.92 Å². The van der Waals surface area contributed by atoms with Crippen LogP contribution in [-0.4, -0.2) is 42.4 Å². The summed E-state index contributed by atoms with van der Waals surface area (Å²) in [7, 11) is 0. The van der Waals surface area contributed by atoms with Gasteiger partial charge in [0.1, 0.15) is 0 Å². The summed E-state index contributed by atoms with van der Waals surface area (Å²) in [5, 5.41) is 0. The molecule has 1 aliphatic carbocycles. The predicted octanol–water partition coefficient (Wildman–Crippen LogP) is 2.39. The van der Waals surface area contributed by atoms with Crippen LogP contribution in [0.25, 0.3) is 0 Å². The molecule has 0 radical (unpaired) electrons. The Hall–Kier alpha value is -1.80. The maximum Gasteiger partial charge on any atom is 0.408 e. The molecule has 4 aliphatic rings. The highest BCUT2D eigenvalue weighted by molar-refractivity contribution is 5.88. The largest absolute Gasteiger partial charge is 0.457 e. The van der Waals surface area contributed by atoms with E-state index in [9.17, 15) is 27.6 Å². The first-order chi connectivity index (χ1) is 11.8. The number of carbonyl (C=O) groups is 3. The molecule has 4 bridgehead atoms. The van der Waals surface area contributed by atoms with Gasteiger partial charge in [0.25, 0.3) is 0 Å². The van der Waals surface area contributed by atoms with Crippen LogP contribution >= 0.6 is 0 Å². The lowest BCUT2D eigenvalue weighted by Gasteiger charge is -2.47. The quantitative estimate of drug-likeness (QED) is 0.554. The average molecular weight is 378 g/mol. The van der Waals surface area contributed by atoms with Crippen LogP contribution in [0.2, 0.25) is 0 Å². The van der Waals surface area contributed by atoms with Crippen LogP contribution in [0, 0.1) is 22.7 Å². The molecule has 6 unspecified atom stereocenters. The van der Waals surface area contributed by atoms with Gasteiger partial charge in [-0.3, -0.25) is 14.4 Å². The van der Waals surface area contributed by atoms with Gasteiger partial charge in [-0.2, -0.15) is 13.2 Å². The average Bonchev–Trinajstić information content (AvgIpc) is 2.68. The molecule has 3 saturated heterocycles. The Morgan fingerprint density at radius 3 is 2.42 bits per heavy atom. The summed E-state index contributed by atoms with van der Waals surface area (Å²) in [6, 6.07) is 0. The minimum atomic E-state index is -4.92. The molecular formula is C17H21F3O6. The number of hydrogen-bond acceptors (Lipinski definition) is 6. The minimum absolute atomic E-state index is 0.159. The van der Waals surface area contributed by atoms with Crippen LogP contribution in [-0.2, 0) is 28.6 Å². The van der Waals surface area contributed by atoms with Crippen molar-refractivity contribution >= 4 is 17.9 Å². The zero-order valence-corrected chi connectivity index (χ0v) is 14.9. The fraction of sp³-hybridized carbons (Fsp3) is 0.824.